The van der Waals surface area contributed by atoms with Crippen molar-refractivity contribution in [3.63, 3.8) is 0 Å². The molecule has 1 aromatic rings. The number of ether oxygens (including phenoxy) is 1. The average Bonchev–Trinajstić information content (AvgIpc) is 2.47. The number of hydrogen-bond donors (Lipinski definition) is 0. The van der Waals surface area contributed by atoms with Gasteiger partial charge >= 0.3 is 0 Å². The van der Waals surface area contributed by atoms with Gasteiger partial charge in [0.15, 0.2) is 5.69 Å². The summed E-state index contributed by atoms with van der Waals surface area (Å²) in [5.74, 6) is 0.601. The van der Waals surface area contributed by atoms with Crippen LogP contribution < -0.4 is 0 Å². The molecule has 0 radical (unpaired) electrons. The Morgan fingerprint density at radius 1 is 1.52 bits per heavy atom. The molecule has 2 rings (SSSR count). The molecule has 1 aromatic heterocycles. The average molecular weight is 312 g/mol. The smallest absolute Gasteiger partial charge is 0.273 e. The Kier molecular flexibility index (Phi) is 5.53. The van der Waals surface area contributed by atoms with E-state index in [9.17, 15) is 4.79 Å². The highest BCUT2D eigenvalue weighted by atomic mass is 35.5. The molecule has 0 spiro atoms. The van der Waals surface area contributed by atoms with E-state index in [1.54, 1.807) is 11.9 Å². The van der Waals surface area contributed by atoms with Crippen LogP contribution in [0.25, 0.3) is 0 Å². The van der Waals surface area contributed by atoms with Crippen molar-refractivity contribution in [3.05, 3.63) is 22.7 Å². The molecule has 5 nitrogen and oxygen atoms in total. The lowest BCUT2D eigenvalue weighted by molar-refractivity contribution is -0.000296. The molecule has 1 aliphatic heterocycles. The number of amides is 1. The van der Waals surface area contributed by atoms with Gasteiger partial charge in [-0.3, -0.25) is 4.79 Å². The van der Waals surface area contributed by atoms with Gasteiger partial charge in [-0.15, -0.1) is 0 Å². The second-order valence-corrected chi connectivity index (χ2v) is 6.16. The third-order valence-electron chi connectivity index (χ3n) is 3.58. The molecule has 1 fully saturated rings. The highest BCUT2D eigenvalue weighted by molar-refractivity contribution is 6.33. The lowest BCUT2D eigenvalue weighted by atomic mass is 10.1. The van der Waals surface area contributed by atoms with Crippen LogP contribution in [0.15, 0.2) is 6.20 Å². The summed E-state index contributed by atoms with van der Waals surface area (Å²) in [6, 6.07) is 0. The van der Waals surface area contributed by atoms with E-state index in [0.29, 0.717) is 17.4 Å². The summed E-state index contributed by atoms with van der Waals surface area (Å²) in [5, 5.41) is 0.292. The Hall–Kier alpha value is -1.20. The van der Waals surface area contributed by atoms with Crippen LogP contribution in [0, 0.1) is 0 Å². The molecule has 1 amide bonds. The van der Waals surface area contributed by atoms with Crippen LogP contribution in [0.5, 0.6) is 0 Å². The molecule has 116 valence electrons. The van der Waals surface area contributed by atoms with E-state index in [0.717, 1.165) is 25.9 Å². The summed E-state index contributed by atoms with van der Waals surface area (Å²) in [5.41, 5.74) is 0.272. The number of carbonyl (C=O) groups is 1. The van der Waals surface area contributed by atoms with Crippen molar-refractivity contribution in [2.75, 3.05) is 20.2 Å². The molecule has 1 atom stereocenters. The molecule has 6 heteroatoms. The van der Waals surface area contributed by atoms with Crippen molar-refractivity contribution in [2.45, 2.75) is 45.1 Å². The van der Waals surface area contributed by atoms with E-state index in [1.807, 2.05) is 13.8 Å². The Morgan fingerprint density at radius 3 is 2.90 bits per heavy atom. The fourth-order valence-corrected chi connectivity index (χ4v) is 2.50. The molecular weight excluding hydrogens is 290 g/mol. The second kappa shape index (κ2) is 7.18. The minimum absolute atomic E-state index is 0.109. The number of aromatic nitrogens is 2. The lowest BCUT2D eigenvalue weighted by Crippen LogP contribution is -2.37. The molecule has 1 unspecified atom stereocenters. The maximum atomic E-state index is 12.5. The first-order chi connectivity index (χ1) is 9.99. The largest absolute Gasteiger partial charge is 0.376 e. The summed E-state index contributed by atoms with van der Waals surface area (Å²) in [7, 11) is 1.76. The van der Waals surface area contributed by atoms with Gasteiger partial charge in [-0.2, -0.15) is 0 Å². The fraction of sp³-hybridized carbons (Fsp3) is 0.667. The fourth-order valence-electron chi connectivity index (χ4n) is 2.33. The third-order valence-corrected chi connectivity index (χ3v) is 3.86. The standard InChI is InChI=1S/C15H22ClN3O2/c1-10(2)14-17-8-12(16)13(18-14)15(20)19(3)9-11-6-4-5-7-21-11/h8,10-11H,4-7,9H2,1-3H3. The Bertz CT molecular complexity index is 502. The van der Waals surface area contributed by atoms with E-state index in [-0.39, 0.29) is 23.6 Å². The van der Waals surface area contributed by atoms with E-state index in [2.05, 4.69) is 9.97 Å². The van der Waals surface area contributed by atoms with E-state index >= 15 is 0 Å². The van der Waals surface area contributed by atoms with Crippen LogP contribution in [0.4, 0.5) is 0 Å². The molecule has 0 aliphatic carbocycles. The first-order valence-electron chi connectivity index (χ1n) is 7.38. The minimum Gasteiger partial charge on any atom is -0.376 e. The zero-order chi connectivity index (χ0) is 15.4. The third kappa shape index (κ3) is 4.14. The Labute approximate surface area is 130 Å². The molecule has 0 saturated carbocycles. The van der Waals surface area contributed by atoms with E-state index in [1.165, 1.54) is 6.20 Å². The SMILES string of the molecule is CC(C)c1ncc(Cl)c(C(=O)N(C)CC2CCCCO2)n1. The predicted octanol–water partition coefficient (Wildman–Crippen LogP) is 2.89. The van der Waals surface area contributed by atoms with Crippen molar-refractivity contribution in [1.82, 2.24) is 14.9 Å². The van der Waals surface area contributed by atoms with Crippen molar-refractivity contribution < 1.29 is 9.53 Å². The summed E-state index contributed by atoms with van der Waals surface area (Å²) in [4.78, 5) is 22.6. The Morgan fingerprint density at radius 2 is 2.29 bits per heavy atom. The molecule has 1 saturated heterocycles. The van der Waals surface area contributed by atoms with Crippen LogP contribution in [0.2, 0.25) is 5.02 Å². The zero-order valence-corrected chi connectivity index (χ0v) is 13.6. The molecule has 2 heterocycles. The van der Waals surface area contributed by atoms with Crippen LogP contribution in [-0.2, 0) is 4.74 Å². The first-order valence-corrected chi connectivity index (χ1v) is 7.76. The summed E-state index contributed by atoms with van der Waals surface area (Å²) >= 11 is 6.08. The van der Waals surface area contributed by atoms with Crippen LogP contribution in [0.1, 0.15) is 55.3 Å². The van der Waals surface area contributed by atoms with Crippen LogP contribution in [0.3, 0.4) is 0 Å². The Balaban J connectivity index is 2.09. The number of halogens is 1. The molecule has 21 heavy (non-hydrogen) atoms. The minimum atomic E-state index is -0.182. The highest BCUT2D eigenvalue weighted by Crippen LogP contribution is 2.19. The van der Waals surface area contributed by atoms with Gasteiger partial charge < -0.3 is 9.64 Å². The van der Waals surface area contributed by atoms with Gasteiger partial charge in [-0.05, 0) is 19.3 Å². The molecule has 0 aromatic carbocycles. The van der Waals surface area contributed by atoms with Gasteiger partial charge in [0.2, 0.25) is 0 Å². The number of carbonyl (C=O) groups excluding carboxylic acids is 1. The number of hydrogen-bond acceptors (Lipinski definition) is 4. The normalized spacial score (nSPS) is 18.8. The highest BCUT2D eigenvalue weighted by Gasteiger charge is 2.23. The van der Waals surface area contributed by atoms with Gasteiger partial charge in [-0.1, -0.05) is 25.4 Å². The van der Waals surface area contributed by atoms with Gasteiger partial charge in [0.05, 0.1) is 17.3 Å². The summed E-state index contributed by atoms with van der Waals surface area (Å²) < 4.78 is 5.67. The van der Waals surface area contributed by atoms with Crippen molar-refractivity contribution in [3.8, 4) is 0 Å². The number of likely N-dealkylation sites (N-methyl/N-ethyl adjacent to an activating group) is 1. The van der Waals surface area contributed by atoms with Gasteiger partial charge in [0.25, 0.3) is 5.91 Å². The van der Waals surface area contributed by atoms with Crippen molar-refractivity contribution in [2.24, 2.45) is 0 Å². The van der Waals surface area contributed by atoms with E-state index < -0.39 is 0 Å². The van der Waals surface area contributed by atoms with Gasteiger partial charge in [0, 0.05) is 26.1 Å². The predicted molar refractivity (Wildman–Crippen MR) is 81.7 cm³/mol. The molecule has 0 bridgehead atoms. The summed E-state index contributed by atoms with van der Waals surface area (Å²) in [6.45, 7) is 5.31. The maximum Gasteiger partial charge on any atom is 0.273 e. The zero-order valence-electron chi connectivity index (χ0n) is 12.8. The van der Waals surface area contributed by atoms with Crippen molar-refractivity contribution >= 4 is 17.5 Å². The molecule has 0 N–H and O–H groups in total. The topological polar surface area (TPSA) is 55.3 Å². The summed E-state index contributed by atoms with van der Waals surface area (Å²) in [6.07, 6.45) is 4.86. The van der Waals surface area contributed by atoms with Crippen LogP contribution >= 0.6 is 11.6 Å². The molecular formula is C15H22ClN3O2. The van der Waals surface area contributed by atoms with Gasteiger partial charge in [0.1, 0.15) is 5.82 Å². The second-order valence-electron chi connectivity index (χ2n) is 5.75. The lowest BCUT2D eigenvalue weighted by Gasteiger charge is -2.27. The van der Waals surface area contributed by atoms with Crippen molar-refractivity contribution in [1.29, 1.82) is 0 Å². The number of rotatable bonds is 4. The van der Waals surface area contributed by atoms with Crippen LogP contribution in [-0.4, -0.2) is 47.1 Å². The number of nitrogens with zero attached hydrogens (tertiary/aromatic N) is 3. The monoisotopic (exact) mass is 311 g/mol. The van der Waals surface area contributed by atoms with E-state index in [4.69, 9.17) is 16.3 Å². The maximum absolute atomic E-state index is 12.5. The quantitative estimate of drug-likeness (QED) is 0.858. The first kappa shape index (κ1) is 16.2. The molecule has 1 aliphatic rings. The van der Waals surface area contributed by atoms with Gasteiger partial charge in [-0.25, -0.2) is 9.97 Å².